The summed E-state index contributed by atoms with van der Waals surface area (Å²) in [5, 5.41) is 3.07. The van der Waals surface area contributed by atoms with Crippen molar-refractivity contribution in [2.45, 2.75) is 65.2 Å². The Morgan fingerprint density at radius 2 is 1.38 bits per heavy atom. The average molecular weight is 357 g/mol. The summed E-state index contributed by atoms with van der Waals surface area (Å²) in [4.78, 5) is 27.5. The largest absolute Gasteiger partial charge is 0.342 e. The van der Waals surface area contributed by atoms with E-state index in [-0.39, 0.29) is 17.7 Å². The lowest BCUT2D eigenvalue weighted by Crippen LogP contribution is -2.39. The van der Waals surface area contributed by atoms with Crippen LogP contribution >= 0.6 is 0 Å². The Morgan fingerprint density at radius 1 is 0.846 bits per heavy atom. The van der Waals surface area contributed by atoms with Crippen LogP contribution in [-0.2, 0) is 9.59 Å². The first-order chi connectivity index (χ1) is 12.5. The molecule has 0 atom stereocenters. The monoisotopic (exact) mass is 356 g/mol. The van der Waals surface area contributed by atoms with Crippen molar-refractivity contribution < 1.29 is 9.59 Å². The van der Waals surface area contributed by atoms with E-state index >= 15 is 0 Å². The Kier molecular flexibility index (Phi) is 6.33. The number of likely N-dealkylation sites (tertiary alicyclic amines) is 1. The van der Waals surface area contributed by atoms with E-state index in [9.17, 15) is 9.59 Å². The molecule has 1 saturated heterocycles. The fourth-order valence-electron chi connectivity index (χ4n) is 4.44. The van der Waals surface area contributed by atoms with Crippen molar-refractivity contribution in [3.8, 4) is 0 Å². The van der Waals surface area contributed by atoms with Gasteiger partial charge in [0.15, 0.2) is 0 Å². The molecule has 3 rings (SSSR count). The number of benzene rings is 1. The highest BCUT2D eigenvalue weighted by Crippen LogP contribution is 2.31. The molecule has 0 unspecified atom stereocenters. The van der Waals surface area contributed by atoms with Crippen molar-refractivity contribution in [2.75, 3.05) is 18.4 Å². The predicted octanol–water partition coefficient (Wildman–Crippen LogP) is 4.45. The van der Waals surface area contributed by atoms with Crippen LogP contribution in [0.25, 0.3) is 0 Å². The first kappa shape index (κ1) is 18.9. The number of hydrogen-bond donors (Lipinski definition) is 1. The summed E-state index contributed by atoms with van der Waals surface area (Å²) in [7, 11) is 0. The van der Waals surface area contributed by atoms with Crippen molar-refractivity contribution >= 4 is 17.5 Å². The van der Waals surface area contributed by atoms with Gasteiger partial charge in [-0.2, -0.15) is 0 Å². The highest BCUT2D eigenvalue weighted by molar-refractivity contribution is 5.93. The lowest BCUT2D eigenvalue weighted by Gasteiger charge is -2.31. The summed E-state index contributed by atoms with van der Waals surface area (Å²) in [5.41, 5.74) is 3.20. The second kappa shape index (κ2) is 8.70. The second-order valence-electron chi connectivity index (χ2n) is 8.15. The lowest BCUT2D eigenvalue weighted by atomic mass is 9.81. The Hall–Kier alpha value is -1.84. The Bertz CT molecular complexity index is 619. The SMILES string of the molecule is Cc1cc(C)cc(NC(=O)C2CCC(C(=O)N3CCCCCC3)CC2)c1. The van der Waals surface area contributed by atoms with Crippen molar-refractivity contribution in [3.63, 3.8) is 0 Å². The average Bonchev–Trinajstić information content (AvgIpc) is 2.89. The molecule has 0 bridgehead atoms. The molecule has 2 aliphatic rings. The molecule has 26 heavy (non-hydrogen) atoms. The van der Waals surface area contributed by atoms with Crippen LogP contribution in [0.5, 0.6) is 0 Å². The minimum atomic E-state index is 0.0315. The Labute approximate surface area is 157 Å². The third-order valence-electron chi connectivity index (χ3n) is 5.85. The summed E-state index contributed by atoms with van der Waals surface area (Å²) < 4.78 is 0. The van der Waals surface area contributed by atoms with E-state index in [0.717, 1.165) is 68.4 Å². The summed E-state index contributed by atoms with van der Waals surface area (Å²) >= 11 is 0. The zero-order valence-corrected chi connectivity index (χ0v) is 16.2. The van der Waals surface area contributed by atoms with Gasteiger partial charge in [0.05, 0.1) is 0 Å². The van der Waals surface area contributed by atoms with Crippen LogP contribution in [0, 0.1) is 25.7 Å². The topological polar surface area (TPSA) is 49.4 Å². The van der Waals surface area contributed by atoms with Crippen molar-refractivity contribution in [2.24, 2.45) is 11.8 Å². The van der Waals surface area contributed by atoms with Crippen LogP contribution in [0.2, 0.25) is 0 Å². The summed E-state index contributed by atoms with van der Waals surface area (Å²) in [6.07, 6.45) is 8.10. The van der Waals surface area contributed by atoms with Gasteiger partial charge in [-0.25, -0.2) is 0 Å². The molecule has 1 saturated carbocycles. The number of carbonyl (C=O) groups excluding carboxylic acids is 2. The van der Waals surface area contributed by atoms with Crippen LogP contribution in [0.3, 0.4) is 0 Å². The van der Waals surface area contributed by atoms with E-state index in [2.05, 4.69) is 16.3 Å². The first-order valence-electron chi connectivity index (χ1n) is 10.2. The zero-order valence-electron chi connectivity index (χ0n) is 16.2. The maximum Gasteiger partial charge on any atom is 0.227 e. The first-order valence-corrected chi connectivity index (χ1v) is 10.2. The van der Waals surface area contributed by atoms with Crippen LogP contribution in [-0.4, -0.2) is 29.8 Å². The van der Waals surface area contributed by atoms with Gasteiger partial charge < -0.3 is 10.2 Å². The third-order valence-corrected chi connectivity index (χ3v) is 5.85. The number of aryl methyl sites for hydroxylation is 2. The van der Waals surface area contributed by atoms with Gasteiger partial charge in [0.1, 0.15) is 0 Å². The summed E-state index contributed by atoms with van der Waals surface area (Å²) in [6, 6.07) is 6.13. The molecular weight excluding hydrogens is 324 g/mol. The predicted molar refractivity (Wildman–Crippen MR) is 105 cm³/mol. The standard InChI is InChI=1S/C22H32N2O2/c1-16-13-17(2)15-20(14-16)23-21(25)18-7-9-19(10-8-18)22(26)24-11-5-3-4-6-12-24/h13-15,18-19H,3-12H2,1-2H3,(H,23,25). The van der Waals surface area contributed by atoms with E-state index in [1.165, 1.54) is 12.8 Å². The quantitative estimate of drug-likeness (QED) is 0.870. The third kappa shape index (κ3) is 4.87. The van der Waals surface area contributed by atoms with E-state index in [1.54, 1.807) is 0 Å². The fraction of sp³-hybridized carbons (Fsp3) is 0.636. The van der Waals surface area contributed by atoms with Gasteiger partial charge in [0.2, 0.25) is 11.8 Å². The molecule has 4 heteroatoms. The van der Waals surface area contributed by atoms with Crippen LogP contribution in [0.1, 0.15) is 62.5 Å². The summed E-state index contributed by atoms with van der Waals surface area (Å²) in [5.74, 6) is 0.595. The van der Waals surface area contributed by atoms with Gasteiger partial charge in [-0.05, 0) is 75.6 Å². The number of rotatable bonds is 3. The highest BCUT2D eigenvalue weighted by atomic mass is 16.2. The normalized spacial score (nSPS) is 24.0. The van der Waals surface area contributed by atoms with Gasteiger partial charge in [-0.15, -0.1) is 0 Å². The Morgan fingerprint density at radius 3 is 1.96 bits per heavy atom. The molecule has 1 aromatic rings. The number of nitrogens with zero attached hydrogens (tertiary/aromatic N) is 1. The number of carbonyl (C=O) groups is 2. The van der Waals surface area contributed by atoms with Gasteiger partial charge in [0, 0.05) is 30.6 Å². The molecule has 1 aliphatic heterocycles. The molecule has 0 aromatic heterocycles. The van der Waals surface area contributed by atoms with Crippen molar-refractivity contribution in [1.82, 2.24) is 4.90 Å². The van der Waals surface area contributed by atoms with E-state index in [1.807, 2.05) is 26.0 Å². The van der Waals surface area contributed by atoms with Crippen molar-refractivity contribution in [3.05, 3.63) is 29.3 Å². The van der Waals surface area contributed by atoms with Gasteiger partial charge in [-0.1, -0.05) is 18.9 Å². The van der Waals surface area contributed by atoms with Crippen LogP contribution in [0.4, 0.5) is 5.69 Å². The number of anilines is 1. The zero-order chi connectivity index (χ0) is 18.5. The number of nitrogens with one attached hydrogen (secondary N) is 1. The Balaban J connectivity index is 1.51. The maximum absolute atomic E-state index is 12.8. The molecular formula is C22H32N2O2. The maximum atomic E-state index is 12.8. The summed E-state index contributed by atoms with van der Waals surface area (Å²) in [6.45, 7) is 5.93. The molecule has 1 aromatic carbocycles. The molecule has 1 aliphatic carbocycles. The minimum Gasteiger partial charge on any atom is -0.342 e. The van der Waals surface area contributed by atoms with Crippen molar-refractivity contribution in [1.29, 1.82) is 0 Å². The molecule has 2 amide bonds. The van der Waals surface area contributed by atoms with Gasteiger partial charge in [0.25, 0.3) is 0 Å². The van der Waals surface area contributed by atoms with E-state index in [4.69, 9.17) is 0 Å². The lowest BCUT2D eigenvalue weighted by molar-refractivity contribution is -0.137. The second-order valence-corrected chi connectivity index (χ2v) is 8.15. The molecule has 142 valence electrons. The van der Waals surface area contributed by atoms with E-state index in [0.29, 0.717) is 5.91 Å². The molecule has 0 spiro atoms. The number of amides is 2. The number of hydrogen-bond acceptors (Lipinski definition) is 2. The minimum absolute atomic E-state index is 0.0315. The fourth-order valence-corrected chi connectivity index (χ4v) is 4.44. The van der Waals surface area contributed by atoms with E-state index < -0.39 is 0 Å². The molecule has 1 heterocycles. The van der Waals surface area contributed by atoms with Crippen LogP contribution < -0.4 is 5.32 Å². The molecule has 0 radical (unpaired) electrons. The van der Waals surface area contributed by atoms with Crippen LogP contribution in [0.15, 0.2) is 18.2 Å². The highest BCUT2D eigenvalue weighted by Gasteiger charge is 2.32. The molecule has 2 fully saturated rings. The van der Waals surface area contributed by atoms with Gasteiger partial charge >= 0.3 is 0 Å². The molecule has 4 nitrogen and oxygen atoms in total. The van der Waals surface area contributed by atoms with Gasteiger partial charge in [-0.3, -0.25) is 9.59 Å². The smallest absolute Gasteiger partial charge is 0.227 e. The molecule has 1 N–H and O–H groups in total.